The van der Waals surface area contributed by atoms with E-state index >= 15 is 0 Å². The third kappa shape index (κ3) is 2.20. The quantitative estimate of drug-likeness (QED) is 0.798. The van der Waals surface area contributed by atoms with Gasteiger partial charge in [-0.15, -0.1) is 0 Å². The largest absolute Gasteiger partial charge is 0.310 e. The Labute approximate surface area is 104 Å². The van der Waals surface area contributed by atoms with Crippen molar-refractivity contribution >= 4 is 21.7 Å². The summed E-state index contributed by atoms with van der Waals surface area (Å²) in [6.07, 6.45) is 0.0658. The van der Waals surface area contributed by atoms with Gasteiger partial charge in [-0.05, 0) is 12.1 Å². The predicted molar refractivity (Wildman–Crippen MR) is 62.3 cm³/mol. The minimum Gasteiger partial charge on any atom is -0.310 e. The van der Waals surface area contributed by atoms with Gasteiger partial charge in [0.15, 0.2) is 0 Å². The molecule has 94 valence electrons. The highest BCUT2D eigenvalue weighted by Crippen LogP contribution is 2.30. The fourth-order valence-electron chi connectivity index (χ4n) is 1.93. The van der Waals surface area contributed by atoms with Crippen molar-refractivity contribution in [2.75, 3.05) is 11.4 Å². The van der Waals surface area contributed by atoms with Gasteiger partial charge in [-0.3, -0.25) is 9.35 Å². The van der Waals surface area contributed by atoms with Crippen LogP contribution in [0.4, 0.5) is 5.69 Å². The minimum absolute atomic E-state index is 0.0658. The van der Waals surface area contributed by atoms with Gasteiger partial charge in [-0.2, -0.15) is 13.7 Å². The maximum absolute atomic E-state index is 11.7. The molecule has 0 spiro atoms. The summed E-state index contributed by atoms with van der Waals surface area (Å²) in [5, 5.41) is 8.78. The van der Waals surface area contributed by atoms with Crippen molar-refractivity contribution in [3.05, 3.63) is 24.3 Å². The van der Waals surface area contributed by atoms with Crippen LogP contribution in [0, 0.1) is 17.2 Å². The van der Waals surface area contributed by atoms with Crippen molar-refractivity contribution in [2.45, 2.75) is 11.3 Å². The lowest BCUT2D eigenvalue weighted by molar-refractivity contribution is -0.117. The molecule has 0 aliphatic carbocycles. The standard InChI is InChI=1S/C11H10N2O4S/c12-6-8-5-11(14)13(7-8)9-3-1-2-4-10(9)18(15,16)17/h1-4,8H,5,7H2,(H,15,16,17). The molecule has 2 rings (SSSR count). The summed E-state index contributed by atoms with van der Waals surface area (Å²) in [5.41, 5.74) is 0.114. The Morgan fingerprint density at radius 1 is 1.39 bits per heavy atom. The van der Waals surface area contributed by atoms with Crippen molar-refractivity contribution < 1.29 is 17.8 Å². The normalized spacial score (nSPS) is 19.9. The Bertz CT molecular complexity index is 633. The van der Waals surface area contributed by atoms with Crippen molar-refractivity contribution in [1.82, 2.24) is 0 Å². The predicted octanol–water partition coefficient (Wildman–Crippen LogP) is 0.810. The van der Waals surface area contributed by atoms with Crippen LogP contribution in [0.3, 0.4) is 0 Å². The van der Waals surface area contributed by atoms with E-state index in [1.165, 1.54) is 23.1 Å². The maximum atomic E-state index is 11.7. The van der Waals surface area contributed by atoms with Gasteiger partial charge in [0, 0.05) is 13.0 Å². The van der Waals surface area contributed by atoms with Crippen LogP contribution in [0.1, 0.15) is 6.42 Å². The van der Waals surface area contributed by atoms with E-state index in [2.05, 4.69) is 0 Å². The number of carbonyl (C=O) groups is 1. The number of rotatable bonds is 2. The number of hydrogen-bond donors (Lipinski definition) is 1. The van der Waals surface area contributed by atoms with E-state index in [0.29, 0.717) is 0 Å². The molecule has 18 heavy (non-hydrogen) atoms. The van der Waals surface area contributed by atoms with Crippen LogP contribution >= 0.6 is 0 Å². The highest BCUT2D eigenvalue weighted by Gasteiger charge is 2.33. The number of benzene rings is 1. The Balaban J connectivity index is 2.48. The number of anilines is 1. The average Bonchev–Trinajstić information content (AvgIpc) is 2.69. The highest BCUT2D eigenvalue weighted by molar-refractivity contribution is 7.86. The molecule has 0 radical (unpaired) electrons. The number of hydrogen-bond acceptors (Lipinski definition) is 4. The van der Waals surface area contributed by atoms with Crippen LogP contribution in [0.5, 0.6) is 0 Å². The molecular weight excluding hydrogens is 256 g/mol. The Morgan fingerprint density at radius 3 is 2.61 bits per heavy atom. The minimum atomic E-state index is -4.40. The molecule has 1 heterocycles. The summed E-state index contributed by atoms with van der Waals surface area (Å²) >= 11 is 0. The van der Waals surface area contributed by atoms with Gasteiger partial charge in [-0.25, -0.2) is 0 Å². The van der Waals surface area contributed by atoms with Gasteiger partial charge < -0.3 is 4.90 Å². The van der Waals surface area contributed by atoms with Gasteiger partial charge in [0.2, 0.25) is 5.91 Å². The lowest BCUT2D eigenvalue weighted by Gasteiger charge is -2.18. The third-order valence-electron chi connectivity index (χ3n) is 2.74. The first-order chi connectivity index (χ1) is 8.43. The first-order valence-electron chi connectivity index (χ1n) is 5.20. The van der Waals surface area contributed by atoms with Gasteiger partial charge in [0.05, 0.1) is 17.7 Å². The molecule has 1 N–H and O–H groups in total. The van der Waals surface area contributed by atoms with E-state index in [-0.39, 0.29) is 29.5 Å². The molecule has 1 aliphatic heterocycles. The van der Waals surface area contributed by atoms with E-state index < -0.39 is 16.0 Å². The zero-order chi connectivity index (χ0) is 13.3. The number of para-hydroxylation sites is 1. The lowest BCUT2D eigenvalue weighted by Crippen LogP contribution is -2.26. The van der Waals surface area contributed by atoms with E-state index in [4.69, 9.17) is 9.81 Å². The molecule has 1 amide bonds. The Kier molecular flexibility index (Phi) is 3.07. The molecule has 1 saturated heterocycles. The second kappa shape index (κ2) is 4.40. The molecule has 1 aromatic carbocycles. The molecule has 1 aromatic rings. The van der Waals surface area contributed by atoms with Crippen LogP contribution in [-0.4, -0.2) is 25.4 Å². The Hall–Kier alpha value is -1.91. The summed E-state index contributed by atoms with van der Waals surface area (Å²) in [5.74, 6) is -0.774. The first kappa shape index (κ1) is 12.5. The molecule has 1 atom stereocenters. The molecule has 1 unspecified atom stereocenters. The van der Waals surface area contributed by atoms with Crippen LogP contribution in [0.2, 0.25) is 0 Å². The molecule has 0 saturated carbocycles. The summed E-state index contributed by atoms with van der Waals surface area (Å²) < 4.78 is 31.6. The van der Waals surface area contributed by atoms with Gasteiger partial charge >= 0.3 is 0 Å². The van der Waals surface area contributed by atoms with E-state index in [1.807, 2.05) is 6.07 Å². The van der Waals surface area contributed by atoms with E-state index in [0.717, 1.165) is 0 Å². The number of amides is 1. The number of nitriles is 1. The second-order valence-corrected chi connectivity index (χ2v) is 5.37. The smallest absolute Gasteiger partial charge is 0.296 e. The molecule has 6 nitrogen and oxygen atoms in total. The first-order valence-corrected chi connectivity index (χ1v) is 6.64. The third-order valence-corrected chi connectivity index (χ3v) is 3.64. The summed E-state index contributed by atoms with van der Waals surface area (Å²) in [4.78, 5) is 12.6. The molecule has 0 aromatic heterocycles. The van der Waals surface area contributed by atoms with Crippen molar-refractivity contribution in [2.24, 2.45) is 5.92 Å². The summed E-state index contributed by atoms with van der Waals surface area (Å²) in [7, 11) is -4.40. The van der Waals surface area contributed by atoms with E-state index in [1.54, 1.807) is 6.07 Å². The van der Waals surface area contributed by atoms with Gasteiger partial charge in [0.25, 0.3) is 10.1 Å². The molecular formula is C11H10N2O4S. The Morgan fingerprint density at radius 2 is 2.06 bits per heavy atom. The number of nitrogens with zero attached hydrogens (tertiary/aromatic N) is 2. The monoisotopic (exact) mass is 266 g/mol. The molecule has 0 bridgehead atoms. The van der Waals surface area contributed by atoms with Crippen molar-refractivity contribution in [3.63, 3.8) is 0 Å². The van der Waals surface area contributed by atoms with Crippen LogP contribution in [-0.2, 0) is 14.9 Å². The number of carbonyl (C=O) groups excluding carboxylic acids is 1. The lowest BCUT2D eigenvalue weighted by atomic mass is 10.1. The van der Waals surface area contributed by atoms with Gasteiger partial charge in [0.1, 0.15) is 4.90 Å². The zero-order valence-electron chi connectivity index (χ0n) is 9.28. The molecule has 1 aliphatic rings. The van der Waals surface area contributed by atoms with Crippen LogP contribution in [0.15, 0.2) is 29.2 Å². The fraction of sp³-hybridized carbons (Fsp3) is 0.273. The highest BCUT2D eigenvalue weighted by atomic mass is 32.2. The fourth-order valence-corrected chi connectivity index (χ4v) is 2.62. The van der Waals surface area contributed by atoms with Gasteiger partial charge in [-0.1, -0.05) is 12.1 Å². The zero-order valence-corrected chi connectivity index (χ0v) is 10.1. The van der Waals surface area contributed by atoms with Crippen LogP contribution in [0.25, 0.3) is 0 Å². The summed E-state index contributed by atoms with van der Waals surface area (Å²) in [6.45, 7) is 0.141. The maximum Gasteiger partial charge on any atom is 0.296 e. The second-order valence-electron chi connectivity index (χ2n) is 3.98. The van der Waals surface area contributed by atoms with Crippen LogP contribution < -0.4 is 4.90 Å². The van der Waals surface area contributed by atoms with Crippen molar-refractivity contribution in [1.29, 1.82) is 5.26 Å². The van der Waals surface area contributed by atoms with E-state index in [9.17, 15) is 13.2 Å². The topological polar surface area (TPSA) is 98.5 Å². The summed E-state index contributed by atoms with van der Waals surface area (Å²) in [6, 6.07) is 7.65. The van der Waals surface area contributed by atoms with Crippen molar-refractivity contribution in [3.8, 4) is 6.07 Å². The average molecular weight is 266 g/mol. The molecule has 7 heteroatoms. The molecule has 1 fully saturated rings. The SMILES string of the molecule is N#CC1CC(=O)N(c2ccccc2S(=O)(=O)O)C1.